The fourth-order valence-electron chi connectivity index (χ4n) is 4.09. The Bertz CT molecular complexity index is 946. The molecule has 27 heavy (non-hydrogen) atoms. The molecule has 3 unspecified atom stereocenters. The quantitative estimate of drug-likeness (QED) is 0.562. The first kappa shape index (κ1) is 16.9. The van der Waals surface area contributed by atoms with Crippen molar-refractivity contribution in [1.82, 2.24) is 14.8 Å². The predicted octanol–water partition coefficient (Wildman–Crippen LogP) is 0.625. The van der Waals surface area contributed by atoms with Gasteiger partial charge in [-0.2, -0.15) is 5.26 Å². The van der Waals surface area contributed by atoms with Gasteiger partial charge in [0, 0.05) is 6.54 Å². The summed E-state index contributed by atoms with van der Waals surface area (Å²) < 4.78 is 4.97. The molecule has 3 aliphatic rings. The number of piperazine rings is 1. The molecule has 136 valence electrons. The molecule has 0 N–H and O–H groups in total. The summed E-state index contributed by atoms with van der Waals surface area (Å²) in [5, 5.41) is 9.00. The van der Waals surface area contributed by atoms with Gasteiger partial charge in [-0.15, -0.1) is 6.42 Å². The molecule has 3 atom stereocenters. The van der Waals surface area contributed by atoms with E-state index in [1.807, 2.05) is 6.07 Å². The first-order valence-corrected chi connectivity index (χ1v) is 8.37. The maximum atomic E-state index is 13.0. The van der Waals surface area contributed by atoms with E-state index in [-0.39, 0.29) is 18.3 Å². The summed E-state index contributed by atoms with van der Waals surface area (Å²) in [6, 6.07) is 1.69. The van der Waals surface area contributed by atoms with E-state index in [0.717, 1.165) is 4.90 Å². The van der Waals surface area contributed by atoms with Gasteiger partial charge in [-0.25, -0.2) is 19.5 Å². The Kier molecular flexibility index (Phi) is 3.74. The number of aromatic nitrogens is 1. The number of terminal acetylenes is 1. The number of anilines is 1. The number of fused-ring (bicyclic) bond motifs is 5. The fraction of sp³-hybridized carbons (Fsp3) is 0.389. The summed E-state index contributed by atoms with van der Waals surface area (Å²) in [4.78, 5) is 46.1. The summed E-state index contributed by atoms with van der Waals surface area (Å²) in [6.45, 7) is 1.85. The number of rotatable bonds is 2. The minimum atomic E-state index is -0.745. The second-order valence-electron chi connectivity index (χ2n) is 6.65. The summed E-state index contributed by atoms with van der Waals surface area (Å²) in [6.07, 6.45) is 6.40. The van der Waals surface area contributed by atoms with Crippen LogP contribution in [0.3, 0.4) is 0 Å². The highest BCUT2D eigenvalue weighted by molar-refractivity contribution is 6.22. The summed E-state index contributed by atoms with van der Waals surface area (Å²) in [7, 11) is 0. The average Bonchev–Trinajstić information content (AvgIpc) is 3.31. The molecule has 3 aliphatic heterocycles. The molecule has 9 nitrogen and oxygen atoms in total. The summed E-state index contributed by atoms with van der Waals surface area (Å²) in [5.41, 5.74) is 1.13. The highest BCUT2D eigenvalue weighted by atomic mass is 16.6. The van der Waals surface area contributed by atoms with Crippen molar-refractivity contribution < 1.29 is 19.1 Å². The highest BCUT2D eigenvalue weighted by Crippen LogP contribution is 2.42. The number of carbonyl (C=O) groups is 3. The molecular weight excluding hydrogens is 350 g/mol. The van der Waals surface area contributed by atoms with E-state index in [4.69, 9.17) is 16.4 Å². The van der Waals surface area contributed by atoms with Gasteiger partial charge in [0.05, 0.1) is 24.0 Å². The standard InChI is InChI=1S/C18H15N5O4/c1-3-4-27-18(26)21-9-12-6-14(21)15-16(24)23(17(25)22(12)15)11-5-10(2)13(7-19)20-8-11/h1,5,8,12,14-15H,4,6,9H2,2H3. The molecule has 4 amide bonds. The molecule has 0 saturated carbocycles. The number of hydrogen-bond donors (Lipinski definition) is 0. The second-order valence-corrected chi connectivity index (χ2v) is 6.65. The van der Waals surface area contributed by atoms with Crippen LogP contribution in [-0.4, -0.2) is 64.1 Å². The predicted molar refractivity (Wildman–Crippen MR) is 91.3 cm³/mol. The van der Waals surface area contributed by atoms with E-state index < -0.39 is 30.1 Å². The molecule has 0 spiro atoms. The number of amides is 4. The van der Waals surface area contributed by atoms with Gasteiger partial charge >= 0.3 is 12.1 Å². The van der Waals surface area contributed by atoms with Crippen molar-refractivity contribution in [3.05, 3.63) is 23.5 Å². The Labute approximate surface area is 155 Å². The van der Waals surface area contributed by atoms with Gasteiger partial charge in [0.15, 0.2) is 6.61 Å². The van der Waals surface area contributed by atoms with Gasteiger partial charge in [-0.1, -0.05) is 5.92 Å². The number of likely N-dealkylation sites (tertiary alicyclic amines) is 1. The normalized spacial score (nSPS) is 25.4. The van der Waals surface area contributed by atoms with Crippen molar-refractivity contribution in [1.29, 1.82) is 5.26 Å². The number of carbonyl (C=O) groups excluding carboxylic acids is 3. The highest BCUT2D eigenvalue weighted by Gasteiger charge is 2.63. The lowest BCUT2D eigenvalue weighted by atomic mass is 10.1. The van der Waals surface area contributed by atoms with Crippen LogP contribution in [0, 0.1) is 30.6 Å². The van der Waals surface area contributed by atoms with Crippen molar-refractivity contribution in [2.75, 3.05) is 18.1 Å². The van der Waals surface area contributed by atoms with Crippen LogP contribution in [0.25, 0.3) is 0 Å². The first-order chi connectivity index (χ1) is 13.0. The van der Waals surface area contributed by atoms with Gasteiger partial charge in [-0.05, 0) is 25.0 Å². The number of urea groups is 1. The van der Waals surface area contributed by atoms with Crippen LogP contribution < -0.4 is 4.90 Å². The molecule has 0 aromatic carbocycles. The Morgan fingerprint density at radius 2 is 2.26 bits per heavy atom. The van der Waals surface area contributed by atoms with E-state index in [2.05, 4.69) is 10.9 Å². The van der Waals surface area contributed by atoms with Crippen LogP contribution in [0.15, 0.2) is 12.3 Å². The minimum absolute atomic E-state index is 0.143. The average molecular weight is 365 g/mol. The molecular formula is C18H15N5O4. The Hall–Kier alpha value is -3.59. The van der Waals surface area contributed by atoms with Crippen molar-refractivity contribution in [2.24, 2.45) is 0 Å². The summed E-state index contributed by atoms with van der Waals surface area (Å²) >= 11 is 0. The topological polar surface area (TPSA) is 107 Å². The number of nitriles is 1. The zero-order chi connectivity index (χ0) is 19.3. The lowest BCUT2D eigenvalue weighted by Crippen LogP contribution is -2.55. The first-order valence-electron chi connectivity index (χ1n) is 8.37. The number of aryl methyl sites for hydroxylation is 1. The number of pyridine rings is 1. The third-order valence-electron chi connectivity index (χ3n) is 5.21. The molecule has 1 aromatic rings. The van der Waals surface area contributed by atoms with Crippen molar-refractivity contribution in [3.63, 3.8) is 0 Å². The van der Waals surface area contributed by atoms with Gasteiger partial charge in [0.25, 0.3) is 5.91 Å². The van der Waals surface area contributed by atoms with Crippen LogP contribution in [0.1, 0.15) is 17.7 Å². The molecule has 9 heteroatoms. The van der Waals surface area contributed by atoms with E-state index in [9.17, 15) is 14.4 Å². The molecule has 1 aromatic heterocycles. The van der Waals surface area contributed by atoms with Gasteiger partial charge in [0.1, 0.15) is 17.8 Å². The maximum absolute atomic E-state index is 13.0. The van der Waals surface area contributed by atoms with Crippen LogP contribution in [0.2, 0.25) is 0 Å². The lowest BCUT2D eigenvalue weighted by Gasteiger charge is -2.33. The molecule has 2 bridgehead atoms. The largest absolute Gasteiger partial charge is 0.436 e. The van der Waals surface area contributed by atoms with Crippen molar-refractivity contribution in [3.8, 4) is 18.4 Å². The molecule has 3 saturated heterocycles. The van der Waals surface area contributed by atoms with E-state index in [1.165, 1.54) is 16.0 Å². The number of ether oxygens (including phenoxy) is 1. The lowest BCUT2D eigenvalue weighted by molar-refractivity contribution is -0.121. The molecule has 0 radical (unpaired) electrons. The van der Waals surface area contributed by atoms with Crippen LogP contribution in [0.5, 0.6) is 0 Å². The monoisotopic (exact) mass is 365 g/mol. The Morgan fingerprint density at radius 3 is 2.93 bits per heavy atom. The third kappa shape index (κ3) is 2.32. The molecule has 0 aliphatic carbocycles. The van der Waals surface area contributed by atoms with E-state index >= 15 is 0 Å². The maximum Gasteiger partial charge on any atom is 0.411 e. The SMILES string of the molecule is C#CCOC(=O)N1CC2CC1C1C(=O)N(c3cnc(C#N)c(C)c3)C(=O)N21. The van der Waals surface area contributed by atoms with Crippen molar-refractivity contribution in [2.45, 2.75) is 31.5 Å². The van der Waals surface area contributed by atoms with E-state index in [0.29, 0.717) is 24.2 Å². The zero-order valence-electron chi connectivity index (χ0n) is 14.5. The Morgan fingerprint density at radius 1 is 1.48 bits per heavy atom. The summed E-state index contributed by atoms with van der Waals surface area (Å²) in [5.74, 6) is 1.82. The van der Waals surface area contributed by atoms with E-state index in [1.54, 1.807) is 13.0 Å². The van der Waals surface area contributed by atoms with Crippen LogP contribution in [-0.2, 0) is 9.53 Å². The smallest absolute Gasteiger partial charge is 0.411 e. The van der Waals surface area contributed by atoms with Crippen LogP contribution in [0.4, 0.5) is 15.3 Å². The third-order valence-corrected chi connectivity index (χ3v) is 5.21. The van der Waals surface area contributed by atoms with Crippen LogP contribution >= 0.6 is 0 Å². The molecule has 4 rings (SSSR count). The zero-order valence-corrected chi connectivity index (χ0v) is 14.5. The second kappa shape index (κ2) is 5.99. The van der Waals surface area contributed by atoms with Gasteiger partial charge in [-0.3, -0.25) is 4.79 Å². The molecule has 3 fully saturated rings. The van der Waals surface area contributed by atoms with Crippen molar-refractivity contribution >= 4 is 23.7 Å². The minimum Gasteiger partial charge on any atom is -0.436 e. The number of hydrogen-bond acceptors (Lipinski definition) is 6. The Balaban J connectivity index is 1.61. The van der Waals surface area contributed by atoms with Gasteiger partial charge < -0.3 is 14.5 Å². The number of nitrogens with zero attached hydrogens (tertiary/aromatic N) is 5. The number of imide groups is 1. The molecule has 4 heterocycles. The van der Waals surface area contributed by atoms with Gasteiger partial charge in [0.2, 0.25) is 0 Å². The fourth-order valence-corrected chi connectivity index (χ4v) is 4.09.